The molecule has 1 aliphatic heterocycles. The second kappa shape index (κ2) is 13.7. The predicted molar refractivity (Wildman–Crippen MR) is 153 cm³/mol. The first-order valence-electron chi connectivity index (χ1n) is 13.5. The number of hydrogen-bond donors (Lipinski definition) is 1. The van der Waals surface area contributed by atoms with Gasteiger partial charge in [-0.25, -0.2) is 8.42 Å². The molecule has 9 nitrogen and oxygen atoms in total. The van der Waals surface area contributed by atoms with Gasteiger partial charge in [-0.1, -0.05) is 50.6 Å². The van der Waals surface area contributed by atoms with E-state index in [-0.39, 0.29) is 37.1 Å². The average Bonchev–Trinajstić information content (AvgIpc) is 2.88. The minimum absolute atomic E-state index is 0.0936. The van der Waals surface area contributed by atoms with Gasteiger partial charge in [0.15, 0.2) is 11.5 Å². The van der Waals surface area contributed by atoms with Crippen LogP contribution in [-0.2, 0) is 26.2 Å². The quantitative estimate of drug-likeness (QED) is 0.399. The van der Waals surface area contributed by atoms with Crippen LogP contribution in [0.2, 0.25) is 0 Å². The summed E-state index contributed by atoms with van der Waals surface area (Å²) in [4.78, 5) is 28.3. The summed E-state index contributed by atoms with van der Waals surface area (Å²) in [5.74, 6) is 0.975. The van der Waals surface area contributed by atoms with Crippen LogP contribution >= 0.6 is 0 Å². The zero-order chi connectivity index (χ0) is 28.6. The molecule has 0 radical (unpaired) electrons. The molecule has 1 atom stereocenters. The van der Waals surface area contributed by atoms with Gasteiger partial charge < -0.3 is 19.7 Å². The van der Waals surface area contributed by atoms with E-state index in [0.717, 1.165) is 17.4 Å². The van der Waals surface area contributed by atoms with Crippen molar-refractivity contribution in [2.75, 3.05) is 36.9 Å². The number of carbonyl (C=O) groups excluding carboxylic acids is 2. The van der Waals surface area contributed by atoms with E-state index >= 15 is 0 Å². The van der Waals surface area contributed by atoms with E-state index in [9.17, 15) is 18.0 Å². The molecule has 0 bridgehead atoms. The molecule has 0 saturated heterocycles. The number of ether oxygens (including phenoxy) is 2. The van der Waals surface area contributed by atoms with Crippen LogP contribution in [0.25, 0.3) is 0 Å². The highest BCUT2D eigenvalue weighted by atomic mass is 32.2. The number of nitrogens with zero attached hydrogens (tertiary/aromatic N) is 2. The number of hydrogen-bond acceptors (Lipinski definition) is 6. The largest absolute Gasteiger partial charge is 0.486 e. The van der Waals surface area contributed by atoms with Crippen LogP contribution in [0.4, 0.5) is 5.69 Å². The summed E-state index contributed by atoms with van der Waals surface area (Å²) in [7, 11) is -3.62. The molecule has 1 N–H and O–H groups in total. The first-order chi connectivity index (χ1) is 18.5. The third kappa shape index (κ3) is 8.61. The lowest BCUT2D eigenvalue weighted by molar-refractivity contribution is -0.141. The Morgan fingerprint density at radius 1 is 1.05 bits per heavy atom. The van der Waals surface area contributed by atoms with Crippen LogP contribution in [0.5, 0.6) is 11.5 Å². The van der Waals surface area contributed by atoms with Crippen LogP contribution in [0.3, 0.4) is 0 Å². The molecule has 0 fully saturated rings. The van der Waals surface area contributed by atoms with E-state index in [1.807, 2.05) is 52.0 Å². The van der Waals surface area contributed by atoms with Gasteiger partial charge in [0.1, 0.15) is 19.3 Å². The maximum absolute atomic E-state index is 13.6. The molecule has 214 valence electrons. The maximum Gasteiger partial charge on any atom is 0.242 e. The molecule has 3 rings (SSSR count). The minimum atomic E-state index is -3.62. The fourth-order valence-electron chi connectivity index (χ4n) is 4.54. The molecule has 0 aromatic heterocycles. The molecule has 0 aliphatic carbocycles. The number of carbonyl (C=O) groups is 2. The topological polar surface area (TPSA) is 105 Å². The zero-order valence-corrected chi connectivity index (χ0v) is 24.4. The lowest BCUT2D eigenvalue weighted by atomic mass is 10.1. The van der Waals surface area contributed by atoms with E-state index in [1.54, 1.807) is 23.1 Å². The summed E-state index contributed by atoms with van der Waals surface area (Å²) in [5.41, 5.74) is 2.46. The average molecular weight is 560 g/mol. The number of anilines is 1. The smallest absolute Gasteiger partial charge is 0.242 e. The third-order valence-electron chi connectivity index (χ3n) is 6.47. The zero-order valence-electron chi connectivity index (χ0n) is 23.6. The lowest BCUT2D eigenvalue weighted by Crippen LogP contribution is -2.49. The highest BCUT2D eigenvalue weighted by Gasteiger charge is 2.29. The Morgan fingerprint density at radius 3 is 2.41 bits per heavy atom. The predicted octanol–water partition coefficient (Wildman–Crippen LogP) is 3.89. The number of fused-ring (bicyclic) bond motifs is 1. The van der Waals surface area contributed by atoms with Crippen LogP contribution in [-0.4, -0.2) is 63.7 Å². The first kappa shape index (κ1) is 30.3. The van der Waals surface area contributed by atoms with Crippen molar-refractivity contribution in [3.8, 4) is 11.5 Å². The summed E-state index contributed by atoms with van der Waals surface area (Å²) in [6.45, 7) is 9.69. The Kier molecular flexibility index (Phi) is 10.6. The molecular weight excluding hydrogens is 518 g/mol. The fourth-order valence-corrected chi connectivity index (χ4v) is 5.50. The molecule has 10 heteroatoms. The fraction of sp³-hybridized carbons (Fsp3) is 0.517. The Bertz CT molecular complexity index is 1250. The summed E-state index contributed by atoms with van der Waals surface area (Å²) in [6.07, 6.45) is 1.99. The molecule has 1 heterocycles. The Labute approximate surface area is 232 Å². The van der Waals surface area contributed by atoms with Gasteiger partial charge in [0, 0.05) is 32.1 Å². The summed E-state index contributed by atoms with van der Waals surface area (Å²) >= 11 is 0. The lowest BCUT2D eigenvalue weighted by Gasteiger charge is -2.31. The van der Waals surface area contributed by atoms with Crippen molar-refractivity contribution in [1.29, 1.82) is 0 Å². The van der Waals surface area contributed by atoms with Gasteiger partial charge in [-0.3, -0.25) is 13.9 Å². The maximum atomic E-state index is 13.6. The molecule has 2 aromatic rings. The van der Waals surface area contributed by atoms with Gasteiger partial charge in [0.25, 0.3) is 0 Å². The van der Waals surface area contributed by atoms with Gasteiger partial charge in [-0.05, 0) is 43.4 Å². The van der Waals surface area contributed by atoms with E-state index in [1.165, 1.54) is 4.31 Å². The molecular formula is C29H41N3O6S. The van der Waals surface area contributed by atoms with Gasteiger partial charge in [-0.2, -0.15) is 0 Å². The van der Waals surface area contributed by atoms with E-state index in [0.29, 0.717) is 49.9 Å². The molecule has 39 heavy (non-hydrogen) atoms. The second-order valence-electron chi connectivity index (χ2n) is 10.3. The Morgan fingerprint density at radius 2 is 1.77 bits per heavy atom. The van der Waals surface area contributed by atoms with Crippen molar-refractivity contribution < 1.29 is 27.5 Å². The number of benzene rings is 2. The van der Waals surface area contributed by atoms with Crippen LogP contribution in [0.15, 0.2) is 42.5 Å². The SMILES string of the molecule is CC[C@@H](C(=O)NCC(C)C)N(Cc1cccc(C)c1)C(=O)CCCN(c1ccc2c(c1)OCCO2)S(C)(=O)=O. The van der Waals surface area contributed by atoms with E-state index in [4.69, 9.17) is 9.47 Å². The number of amides is 2. The van der Waals surface area contributed by atoms with Crippen LogP contribution < -0.4 is 19.1 Å². The monoisotopic (exact) mass is 559 g/mol. The van der Waals surface area contributed by atoms with Gasteiger partial charge in [0.05, 0.1) is 11.9 Å². The van der Waals surface area contributed by atoms with Crippen molar-refractivity contribution in [2.24, 2.45) is 5.92 Å². The van der Waals surface area contributed by atoms with Crippen molar-refractivity contribution in [3.05, 3.63) is 53.6 Å². The Hall–Kier alpha value is -3.27. The standard InChI is InChI=1S/C29H41N3O6S/c1-6-25(29(34)30-19-21(2)3)31(20-23-10-7-9-22(4)17-23)28(33)11-8-14-32(39(5,35)36)24-12-13-26-27(18-24)38-16-15-37-26/h7,9-10,12-13,17-18,21,25H,6,8,11,14-16,19-20H2,1-5H3,(H,30,34)/t25-/m0/s1. The normalized spacial score (nSPS) is 13.6. The minimum Gasteiger partial charge on any atom is -0.486 e. The molecule has 2 aromatic carbocycles. The van der Waals surface area contributed by atoms with Crippen LogP contribution in [0, 0.1) is 12.8 Å². The second-order valence-corrected chi connectivity index (χ2v) is 12.2. The van der Waals surface area contributed by atoms with Crippen molar-refractivity contribution >= 4 is 27.5 Å². The summed E-state index contributed by atoms with van der Waals surface area (Å²) < 4.78 is 37.8. The Balaban J connectivity index is 1.76. The summed E-state index contributed by atoms with van der Waals surface area (Å²) in [6, 6.07) is 12.3. The van der Waals surface area contributed by atoms with Crippen molar-refractivity contribution in [2.45, 2.75) is 59.5 Å². The van der Waals surface area contributed by atoms with Crippen molar-refractivity contribution in [3.63, 3.8) is 0 Å². The first-order valence-corrected chi connectivity index (χ1v) is 15.3. The summed E-state index contributed by atoms with van der Waals surface area (Å²) in [5, 5.41) is 2.96. The van der Waals surface area contributed by atoms with Crippen LogP contribution in [0.1, 0.15) is 51.2 Å². The molecule has 0 unspecified atom stereocenters. The van der Waals surface area contributed by atoms with Gasteiger partial charge in [0.2, 0.25) is 21.8 Å². The number of sulfonamides is 1. The van der Waals surface area contributed by atoms with Gasteiger partial charge >= 0.3 is 0 Å². The number of nitrogens with one attached hydrogen (secondary N) is 1. The molecule has 0 spiro atoms. The highest BCUT2D eigenvalue weighted by molar-refractivity contribution is 7.92. The van der Waals surface area contributed by atoms with E-state index in [2.05, 4.69) is 5.32 Å². The van der Waals surface area contributed by atoms with Crippen molar-refractivity contribution in [1.82, 2.24) is 10.2 Å². The molecule has 1 aliphatic rings. The third-order valence-corrected chi connectivity index (χ3v) is 7.67. The molecule has 2 amide bonds. The highest BCUT2D eigenvalue weighted by Crippen LogP contribution is 2.34. The molecule has 0 saturated carbocycles. The van der Waals surface area contributed by atoms with E-state index < -0.39 is 16.1 Å². The van der Waals surface area contributed by atoms with Gasteiger partial charge in [-0.15, -0.1) is 0 Å². The number of rotatable bonds is 13. The number of aryl methyl sites for hydroxylation is 1.